The summed E-state index contributed by atoms with van der Waals surface area (Å²) in [6.45, 7) is 1.88. The van der Waals surface area contributed by atoms with Crippen molar-refractivity contribution in [2.24, 2.45) is 16.6 Å². The molecule has 1 fully saturated rings. The first-order chi connectivity index (χ1) is 10.3. The van der Waals surface area contributed by atoms with Gasteiger partial charge in [0.05, 0.1) is 18.6 Å². The molecule has 0 aliphatic carbocycles. The van der Waals surface area contributed by atoms with Gasteiger partial charge in [-0.3, -0.25) is 9.69 Å². The Kier molecular flexibility index (Phi) is 3.40. The van der Waals surface area contributed by atoms with Gasteiger partial charge in [-0.25, -0.2) is 13.8 Å². The lowest BCUT2D eigenvalue weighted by Crippen LogP contribution is -2.59. The molecular weight excluding hydrogens is 292 g/mol. The molecule has 7 heteroatoms. The van der Waals surface area contributed by atoms with Crippen LogP contribution in [0.1, 0.15) is 18.9 Å². The first-order valence-electron chi connectivity index (χ1n) is 7.05. The Hall–Kier alpha value is -2.02. The quantitative estimate of drug-likeness (QED) is 0.852. The minimum absolute atomic E-state index is 0.00290. The number of rotatable bonds is 1. The van der Waals surface area contributed by atoms with E-state index in [9.17, 15) is 13.6 Å². The Balaban J connectivity index is 2.20. The van der Waals surface area contributed by atoms with Crippen molar-refractivity contribution in [1.29, 1.82) is 0 Å². The Bertz CT molecular complexity index is 664. The molecule has 0 bridgehead atoms. The number of amides is 1. The van der Waals surface area contributed by atoms with Crippen molar-refractivity contribution in [1.82, 2.24) is 4.90 Å². The number of nitrogens with zero attached hydrogens (tertiary/aromatic N) is 2. The van der Waals surface area contributed by atoms with E-state index in [1.165, 1.54) is 18.0 Å². The third-order valence-corrected chi connectivity index (χ3v) is 4.42. The summed E-state index contributed by atoms with van der Waals surface area (Å²) in [4.78, 5) is 18.2. The van der Waals surface area contributed by atoms with E-state index in [1.807, 2.05) is 6.92 Å². The number of hydrogen-bond acceptors (Lipinski definition) is 4. The molecule has 1 aromatic carbocycles. The molecule has 3 rings (SSSR count). The molecule has 2 aliphatic rings. The molecule has 0 radical (unpaired) electrons. The Labute approximate surface area is 126 Å². The van der Waals surface area contributed by atoms with Crippen LogP contribution in [-0.2, 0) is 15.1 Å². The zero-order valence-electron chi connectivity index (χ0n) is 12.3. The van der Waals surface area contributed by atoms with Crippen molar-refractivity contribution in [3.8, 4) is 0 Å². The van der Waals surface area contributed by atoms with E-state index in [1.54, 1.807) is 0 Å². The van der Waals surface area contributed by atoms with Crippen molar-refractivity contribution in [2.75, 3.05) is 13.7 Å². The normalized spacial score (nSPS) is 31.7. The molecule has 2 unspecified atom stereocenters. The summed E-state index contributed by atoms with van der Waals surface area (Å²) in [6.07, 6.45) is 0.255. The molecule has 22 heavy (non-hydrogen) atoms. The van der Waals surface area contributed by atoms with Crippen LogP contribution >= 0.6 is 0 Å². The topological polar surface area (TPSA) is 67.9 Å². The maximum absolute atomic E-state index is 14.3. The van der Waals surface area contributed by atoms with E-state index >= 15 is 0 Å². The van der Waals surface area contributed by atoms with Gasteiger partial charge in [-0.05, 0) is 19.4 Å². The number of nitrogens with two attached hydrogens (primary N) is 1. The van der Waals surface area contributed by atoms with Crippen molar-refractivity contribution >= 4 is 11.9 Å². The molecule has 1 saturated heterocycles. The lowest BCUT2D eigenvalue weighted by Gasteiger charge is -2.46. The van der Waals surface area contributed by atoms with Gasteiger partial charge in [0.2, 0.25) is 5.91 Å². The summed E-state index contributed by atoms with van der Waals surface area (Å²) in [5.74, 6) is -2.25. The van der Waals surface area contributed by atoms with Crippen LogP contribution in [0.4, 0.5) is 8.78 Å². The van der Waals surface area contributed by atoms with Gasteiger partial charge in [0.1, 0.15) is 17.2 Å². The summed E-state index contributed by atoms with van der Waals surface area (Å²) in [7, 11) is 1.53. The number of fused-ring (bicyclic) bond motifs is 1. The van der Waals surface area contributed by atoms with Crippen LogP contribution in [0, 0.1) is 17.6 Å². The molecule has 0 aromatic heterocycles. The fourth-order valence-corrected chi connectivity index (χ4v) is 3.17. The zero-order chi connectivity index (χ0) is 16.1. The van der Waals surface area contributed by atoms with E-state index < -0.39 is 23.1 Å². The zero-order valence-corrected chi connectivity index (χ0v) is 12.3. The number of carbonyl (C=O) groups is 1. The standard InChI is InChI=1S/C15H17F2N3O2/c1-8-5-11-13(21)20(2)14(18)19-15(11,7-22-8)10-4-3-9(16)6-12(10)17/h3-4,6,8,11H,5,7H2,1-2H3,(H2,18,19)/t8?,11-,15?/m0/s1. The third kappa shape index (κ3) is 2.08. The van der Waals surface area contributed by atoms with E-state index in [-0.39, 0.29) is 30.1 Å². The number of guanidine groups is 1. The predicted octanol–water partition coefficient (Wildman–Crippen LogP) is 1.37. The van der Waals surface area contributed by atoms with Crippen LogP contribution in [0.15, 0.2) is 23.2 Å². The Morgan fingerprint density at radius 3 is 2.86 bits per heavy atom. The summed E-state index contributed by atoms with van der Waals surface area (Å²) in [6, 6.07) is 3.25. The monoisotopic (exact) mass is 309 g/mol. The Morgan fingerprint density at radius 2 is 2.18 bits per heavy atom. The van der Waals surface area contributed by atoms with Crippen molar-refractivity contribution in [2.45, 2.75) is 25.0 Å². The number of aliphatic imine (C=N–C) groups is 1. The van der Waals surface area contributed by atoms with Gasteiger partial charge in [-0.15, -0.1) is 0 Å². The molecule has 5 nitrogen and oxygen atoms in total. The molecule has 2 aliphatic heterocycles. The minimum atomic E-state index is -1.24. The molecule has 118 valence electrons. The Morgan fingerprint density at radius 1 is 1.45 bits per heavy atom. The lowest BCUT2D eigenvalue weighted by atomic mass is 9.72. The maximum Gasteiger partial charge on any atom is 0.235 e. The first-order valence-corrected chi connectivity index (χ1v) is 7.05. The summed E-state index contributed by atoms with van der Waals surface area (Å²) < 4.78 is 33.2. The molecule has 3 atom stereocenters. The highest BCUT2D eigenvalue weighted by molar-refractivity contribution is 6.00. The highest BCUT2D eigenvalue weighted by Crippen LogP contribution is 2.45. The summed E-state index contributed by atoms with van der Waals surface area (Å²) in [5.41, 5.74) is 4.71. The van der Waals surface area contributed by atoms with E-state index in [0.717, 1.165) is 12.1 Å². The van der Waals surface area contributed by atoms with Crippen LogP contribution in [0.25, 0.3) is 0 Å². The predicted molar refractivity (Wildman–Crippen MR) is 75.9 cm³/mol. The highest BCUT2D eigenvalue weighted by Gasteiger charge is 2.53. The van der Waals surface area contributed by atoms with Gasteiger partial charge >= 0.3 is 0 Å². The summed E-state index contributed by atoms with van der Waals surface area (Å²) in [5, 5.41) is 0. The number of ether oxygens (including phenoxy) is 1. The number of hydrogen-bond donors (Lipinski definition) is 1. The van der Waals surface area contributed by atoms with Gasteiger partial charge in [-0.1, -0.05) is 6.07 Å². The van der Waals surface area contributed by atoms with Gasteiger partial charge in [-0.2, -0.15) is 0 Å². The minimum Gasteiger partial charge on any atom is -0.376 e. The maximum atomic E-state index is 14.3. The van der Waals surface area contributed by atoms with Crippen molar-refractivity contribution < 1.29 is 18.3 Å². The number of benzene rings is 1. The molecular formula is C15H17F2N3O2. The van der Waals surface area contributed by atoms with E-state index in [4.69, 9.17) is 10.5 Å². The van der Waals surface area contributed by atoms with Gasteiger partial charge in [0, 0.05) is 18.7 Å². The fourth-order valence-electron chi connectivity index (χ4n) is 3.17. The second-order valence-corrected chi connectivity index (χ2v) is 5.83. The fraction of sp³-hybridized carbons (Fsp3) is 0.467. The van der Waals surface area contributed by atoms with Crippen LogP contribution in [0.5, 0.6) is 0 Å². The van der Waals surface area contributed by atoms with Crippen LogP contribution in [0.2, 0.25) is 0 Å². The van der Waals surface area contributed by atoms with Crippen LogP contribution in [0.3, 0.4) is 0 Å². The molecule has 0 saturated carbocycles. The lowest BCUT2D eigenvalue weighted by molar-refractivity contribution is -0.144. The molecule has 1 aromatic rings. The number of carbonyl (C=O) groups excluding carboxylic acids is 1. The largest absolute Gasteiger partial charge is 0.376 e. The molecule has 2 heterocycles. The van der Waals surface area contributed by atoms with Crippen molar-refractivity contribution in [3.63, 3.8) is 0 Å². The SMILES string of the molecule is CC1C[C@H]2C(=O)N(C)C(N)=NC2(c2ccc(F)cc2F)CO1. The van der Waals surface area contributed by atoms with Crippen molar-refractivity contribution in [3.05, 3.63) is 35.4 Å². The summed E-state index contributed by atoms with van der Waals surface area (Å²) >= 11 is 0. The van der Waals surface area contributed by atoms with E-state index in [0.29, 0.717) is 6.42 Å². The molecule has 1 amide bonds. The van der Waals surface area contributed by atoms with Gasteiger partial charge < -0.3 is 10.5 Å². The third-order valence-electron chi connectivity index (χ3n) is 4.42. The van der Waals surface area contributed by atoms with E-state index in [2.05, 4.69) is 4.99 Å². The molecule has 0 spiro atoms. The average molecular weight is 309 g/mol. The second-order valence-electron chi connectivity index (χ2n) is 5.83. The first kappa shape index (κ1) is 14.9. The number of halogens is 2. The molecule has 2 N–H and O–H groups in total. The van der Waals surface area contributed by atoms with Gasteiger partial charge in [0.25, 0.3) is 0 Å². The van der Waals surface area contributed by atoms with Crippen LogP contribution in [-0.4, -0.2) is 36.5 Å². The smallest absolute Gasteiger partial charge is 0.235 e. The average Bonchev–Trinajstić information content (AvgIpc) is 2.46. The highest BCUT2D eigenvalue weighted by atomic mass is 19.1. The van der Waals surface area contributed by atoms with Crippen LogP contribution < -0.4 is 5.73 Å². The second kappa shape index (κ2) is 5.01. The van der Waals surface area contributed by atoms with Gasteiger partial charge in [0.15, 0.2) is 5.96 Å².